The summed E-state index contributed by atoms with van der Waals surface area (Å²) >= 11 is 5.44. The van der Waals surface area contributed by atoms with Crippen molar-refractivity contribution in [2.75, 3.05) is 24.7 Å². The summed E-state index contributed by atoms with van der Waals surface area (Å²) in [4.78, 5) is 3.99. The summed E-state index contributed by atoms with van der Waals surface area (Å²) < 4.78 is 49.3. The summed E-state index contributed by atoms with van der Waals surface area (Å²) in [5.41, 5.74) is 0.606. The van der Waals surface area contributed by atoms with Crippen LogP contribution in [0.2, 0.25) is 0 Å². The Morgan fingerprint density at radius 2 is 2.11 bits per heavy atom. The first kappa shape index (κ1) is 16.3. The van der Waals surface area contributed by atoms with Gasteiger partial charge in [-0.05, 0) is 12.1 Å². The van der Waals surface area contributed by atoms with Crippen molar-refractivity contribution in [2.24, 2.45) is 0 Å². The number of pyridine rings is 1. The molecule has 0 bridgehead atoms. The molecule has 4 nitrogen and oxygen atoms in total. The summed E-state index contributed by atoms with van der Waals surface area (Å²) in [6, 6.07) is 5.15. The maximum absolute atomic E-state index is 12.3. The minimum atomic E-state index is -3.75. The SMILES string of the molecule is O=S(=O)(CCc1ccccn1)N(CCCl)CC(F)F. The monoisotopic (exact) mass is 312 g/mol. The van der Waals surface area contributed by atoms with Crippen LogP contribution in [0.4, 0.5) is 8.78 Å². The third-order valence-corrected chi connectivity index (χ3v) is 4.42. The zero-order valence-corrected chi connectivity index (χ0v) is 11.7. The Hall–Kier alpha value is -0.790. The molecule has 0 aliphatic heterocycles. The highest BCUT2D eigenvalue weighted by molar-refractivity contribution is 7.89. The quantitative estimate of drug-likeness (QED) is 0.687. The first-order valence-corrected chi connectivity index (χ1v) is 7.82. The van der Waals surface area contributed by atoms with Gasteiger partial charge in [0.1, 0.15) is 0 Å². The average Bonchev–Trinajstić information content (AvgIpc) is 2.37. The zero-order chi connectivity index (χ0) is 14.3. The number of aryl methyl sites for hydroxylation is 1. The van der Waals surface area contributed by atoms with E-state index in [9.17, 15) is 17.2 Å². The Morgan fingerprint density at radius 3 is 2.63 bits per heavy atom. The van der Waals surface area contributed by atoms with Crippen molar-refractivity contribution in [3.05, 3.63) is 30.1 Å². The minimum absolute atomic E-state index is 0.0183. The van der Waals surface area contributed by atoms with Crippen LogP contribution in [0.5, 0.6) is 0 Å². The first-order valence-electron chi connectivity index (χ1n) is 5.67. The van der Waals surface area contributed by atoms with Gasteiger partial charge in [0.2, 0.25) is 10.0 Å². The molecule has 0 spiro atoms. The Kier molecular flexibility index (Phi) is 6.60. The van der Waals surface area contributed by atoms with E-state index in [4.69, 9.17) is 11.6 Å². The van der Waals surface area contributed by atoms with Gasteiger partial charge in [-0.1, -0.05) is 6.07 Å². The normalized spacial score (nSPS) is 12.3. The third kappa shape index (κ3) is 5.80. The lowest BCUT2D eigenvalue weighted by Gasteiger charge is -2.20. The van der Waals surface area contributed by atoms with E-state index in [2.05, 4.69) is 4.98 Å². The van der Waals surface area contributed by atoms with E-state index in [0.29, 0.717) is 5.69 Å². The summed E-state index contributed by atoms with van der Waals surface area (Å²) in [7, 11) is -3.75. The molecule has 0 amide bonds. The lowest BCUT2D eigenvalue weighted by Crippen LogP contribution is -2.38. The van der Waals surface area contributed by atoms with Crippen molar-refractivity contribution < 1.29 is 17.2 Å². The lowest BCUT2D eigenvalue weighted by molar-refractivity contribution is 0.121. The average molecular weight is 313 g/mol. The van der Waals surface area contributed by atoms with Crippen molar-refractivity contribution >= 4 is 21.6 Å². The number of alkyl halides is 3. The number of sulfonamides is 1. The molecule has 0 saturated carbocycles. The van der Waals surface area contributed by atoms with E-state index in [1.165, 1.54) is 0 Å². The van der Waals surface area contributed by atoms with Gasteiger partial charge < -0.3 is 0 Å². The smallest absolute Gasteiger partial charge is 0.252 e. The van der Waals surface area contributed by atoms with Gasteiger partial charge in [0.05, 0.1) is 12.3 Å². The third-order valence-electron chi connectivity index (χ3n) is 2.41. The van der Waals surface area contributed by atoms with Crippen molar-refractivity contribution in [3.63, 3.8) is 0 Å². The second kappa shape index (κ2) is 7.72. The van der Waals surface area contributed by atoms with Crippen molar-refractivity contribution in [1.29, 1.82) is 0 Å². The van der Waals surface area contributed by atoms with Crippen molar-refractivity contribution in [3.8, 4) is 0 Å². The van der Waals surface area contributed by atoms with Crippen LogP contribution < -0.4 is 0 Å². The van der Waals surface area contributed by atoms with Gasteiger partial charge in [-0.15, -0.1) is 11.6 Å². The van der Waals surface area contributed by atoms with E-state index >= 15 is 0 Å². The molecule has 0 saturated heterocycles. The summed E-state index contributed by atoms with van der Waals surface area (Å²) in [5, 5.41) is 0. The number of halogens is 3. The largest absolute Gasteiger partial charge is 0.261 e. The fourth-order valence-corrected chi connectivity index (χ4v) is 3.24. The molecule has 0 N–H and O–H groups in total. The second-order valence-electron chi connectivity index (χ2n) is 3.83. The molecule has 0 aliphatic carbocycles. The topological polar surface area (TPSA) is 50.3 Å². The first-order chi connectivity index (χ1) is 8.95. The molecule has 0 aromatic carbocycles. The van der Waals surface area contributed by atoms with Gasteiger partial charge in [-0.25, -0.2) is 17.2 Å². The molecule has 0 atom stereocenters. The molecular weight excluding hydrogens is 298 g/mol. The van der Waals surface area contributed by atoms with Gasteiger partial charge in [-0.3, -0.25) is 4.98 Å². The second-order valence-corrected chi connectivity index (χ2v) is 6.29. The predicted molar refractivity (Wildman–Crippen MR) is 70.0 cm³/mol. The molecule has 108 valence electrons. The van der Waals surface area contributed by atoms with Crippen LogP contribution >= 0.6 is 11.6 Å². The molecule has 0 radical (unpaired) electrons. The summed E-state index contributed by atoms with van der Waals surface area (Å²) in [6.45, 7) is -0.937. The number of hydrogen-bond acceptors (Lipinski definition) is 3. The molecule has 1 aromatic heterocycles. The van der Waals surface area contributed by atoms with E-state index in [1.54, 1.807) is 24.4 Å². The number of rotatable bonds is 8. The number of aromatic nitrogens is 1. The Labute approximate surface area is 116 Å². The number of hydrogen-bond donors (Lipinski definition) is 0. The van der Waals surface area contributed by atoms with Gasteiger partial charge in [0.15, 0.2) is 0 Å². The van der Waals surface area contributed by atoms with Crippen molar-refractivity contribution in [2.45, 2.75) is 12.8 Å². The predicted octanol–water partition coefficient (Wildman–Crippen LogP) is 1.76. The van der Waals surface area contributed by atoms with Crippen LogP contribution in [-0.4, -0.2) is 48.9 Å². The Balaban J connectivity index is 2.66. The minimum Gasteiger partial charge on any atom is -0.261 e. The molecule has 8 heteroatoms. The van der Waals surface area contributed by atoms with Gasteiger partial charge in [0, 0.05) is 30.7 Å². The van der Waals surface area contributed by atoms with Crippen molar-refractivity contribution in [1.82, 2.24) is 9.29 Å². The molecule has 1 rings (SSSR count). The standard InChI is InChI=1S/C11H15ClF2N2O2S/c12-5-7-16(9-11(13)14)19(17,18)8-4-10-3-1-2-6-15-10/h1-3,6,11H,4-5,7-9H2. The maximum Gasteiger partial charge on any atom is 0.252 e. The van der Waals surface area contributed by atoms with Crippen LogP contribution in [0.3, 0.4) is 0 Å². The van der Waals surface area contributed by atoms with E-state index in [0.717, 1.165) is 4.31 Å². The van der Waals surface area contributed by atoms with E-state index < -0.39 is 23.0 Å². The van der Waals surface area contributed by atoms with Crippen LogP contribution in [0.1, 0.15) is 5.69 Å². The molecule has 0 aliphatic rings. The van der Waals surface area contributed by atoms with Crippen LogP contribution in [0.15, 0.2) is 24.4 Å². The summed E-state index contributed by atoms with van der Waals surface area (Å²) in [6.07, 6.45) is -0.976. The van der Waals surface area contributed by atoms with Crippen LogP contribution in [0, 0.1) is 0 Å². The highest BCUT2D eigenvalue weighted by atomic mass is 35.5. The van der Waals surface area contributed by atoms with Crippen LogP contribution in [-0.2, 0) is 16.4 Å². The molecule has 0 unspecified atom stereocenters. The fourth-order valence-electron chi connectivity index (χ4n) is 1.50. The van der Waals surface area contributed by atoms with Crippen LogP contribution in [0.25, 0.3) is 0 Å². The van der Waals surface area contributed by atoms with E-state index in [1.807, 2.05) is 0 Å². The Morgan fingerprint density at radius 1 is 1.37 bits per heavy atom. The molecule has 0 fully saturated rings. The summed E-state index contributed by atoms with van der Waals surface area (Å²) in [5.74, 6) is -0.275. The maximum atomic E-state index is 12.3. The molecular formula is C11H15ClF2N2O2S. The van der Waals surface area contributed by atoms with Gasteiger partial charge in [-0.2, -0.15) is 4.31 Å². The molecule has 1 aromatic rings. The van der Waals surface area contributed by atoms with Gasteiger partial charge in [0.25, 0.3) is 6.43 Å². The molecule has 19 heavy (non-hydrogen) atoms. The van der Waals surface area contributed by atoms with Gasteiger partial charge >= 0.3 is 0 Å². The highest BCUT2D eigenvalue weighted by Gasteiger charge is 2.24. The van der Waals surface area contributed by atoms with E-state index in [-0.39, 0.29) is 24.6 Å². The number of nitrogens with zero attached hydrogens (tertiary/aromatic N) is 2. The highest BCUT2D eigenvalue weighted by Crippen LogP contribution is 2.08. The molecule has 1 heterocycles. The Bertz CT molecular complexity index is 471. The zero-order valence-electron chi connectivity index (χ0n) is 10.2. The lowest BCUT2D eigenvalue weighted by atomic mass is 10.3. The fraction of sp³-hybridized carbons (Fsp3) is 0.545.